The predicted molar refractivity (Wildman–Crippen MR) is 134 cm³/mol. The number of piperidine rings is 1. The van der Waals surface area contributed by atoms with Crippen LogP contribution in [0.1, 0.15) is 61.0 Å². The molecule has 0 unspecified atom stereocenters. The highest BCUT2D eigenvalue weighted by atomic mass is 19.1. The van der Waals surface area contributed by atoms with Gasteiger partial charge in [0.1, 0.15) is 22.6 Å². The SMILES string of the molecule is CC(C)(C)OC(=O)N1CCC(c2cnn3c4c(C(N)=O)cc(F)cc4n(Cc4ccccc4)c23)CC1. The molecule has 5 rings (SSSR count). The Bertz CT molecular complexity index is 1440. The zero-order valence-electron chi connectivity index (χ0n) is 20.7. The van der Waals surface area contributed by atoms with Crippen molar-refractivity contribution in [2.75, 3.05) is 13.1 Å². The van der Waals surface area contributed by atoms with Gasteiger partial charge in [-0.1, -0.05) is 30.3 Å². The van der Waals surface area contributed by atoms with Gasteiger partial charge in [0.25, 0.3) is 5.91 Å². The molecular formula is C27H30FN5O3. The molecule has 188 valence electrons. The molecule has 1 saturated heterocycles. The average Bonchev–Trinajstić information content (AvgIpc) is 3.37. The van der Waals surface area contributed by atoms with E-state index in [4.69, 9.17) is 10.5 Å². The Morgan fingerprint density at radius 3 is 2.47 bits per heavy atom. The van der Waals surface area contributed by atoms with Crippen LogP contribution in [0.5, 0.6) is 0 Å². The van der Waals surface area contributed by atoms with E-state index in [1.54, 1.807) is 9.42 Å². The van der Waals surface area contributed by atoms with E-state index < -0.39 is 17.3 Å². The molecule has 0 radical (unpaired) electrons. The molecule has 1 fully saturated rings. The van der Waals surface area contributed by atoms with E-state index in [0.29, 0.717) is 30.7 Å². The summed E-state index contributed by atoms with van der Waals surface area (Å²) in [6, 6.07) is 12.5. The van der Waals surface area contributed by atoms with Crippen molar-refractivity contribution in [1.29, 1.82) is 0 Å². The highest BCUT2D eigenvalue weighted by Gasteiger charge is 2.31. The second-order valence-electron chi connectivity index (χ2n) is 10.3. The summed E-state index contributed by atoms with van der Waals surface area (Å²) in [4.78, 5) is 26.5. The van der Waals surface area contributed by atoms with Gasteiger partial charge in [-0.05, 0) is 57.2 Å². The molecule has 3 heterocycles. The number of amides is 2. The van der Waals surface area contributed by atoms with Gasteiger partial charge in [0.15, 0.2) is 0 Å². The molecule has 9 heteroatoms. The molecule has 0 bridgehead atoms. The van der Waals surface area contributed by atoms with Crippen molar-refractivity contribution in [2.45, 2.75) is 51.7 Å². The summed E-state index contributed by atoms with van der Waals surface area (Å²) < 4.78 is 23.8. The molecule has 8 nitrogen and oxygen atoms in total. The second-order valence-corrected chi connectivity index (χ2v) is 10.3. The molecule has 0 spiro atoms. The van der Waals surface area contributed by atoms with Crippen LogP contribution in [0.3, 0.4) is 0 Å². The first-order valence-electron chi connectivity index (χ1n) is 12.1. The van der Waals surface area contributed by atoms with E-state index in [1.807, 2.05) is 61.9 Å². The third-order valence-electron chi connectivity index (χ3n) is 6.62. The molecule has 2 amide bonds. The van der Waals surface area contributed by atoms with Gasteiger partial charge in [-0.15, -0.1) is 0 Å². The number of fused-ring (bicyclic) bond motifs is 3. The lowest BCUT2D eigenvalue weighted by molar-refractivity contribution is 0.0205. The number of imidazole rings is 1. The largest absolute Gasteiger partial charge is 0.444 e. The van der Waals surface area contributed by atoms with Gasteiger partial charge in [0.2, 0.25) is 0 Å². The van der Waals surface area contributed by atoms with E-state index >= 15 is 0 Å². The maximum absolute atomic E-state index is 14.6. The molecule has 2 aromatic carbocycles. The zero-order valence-corrected chi connectivity index (χ0v) is 20.7. The van der Waals surface area contributed by atoms with Crippen LogP contribution in [-0.4, -0.2) is 49.8 Å². The van der Waals surface area contributed by atoms with Gasteiger partial charge in [0.05, 0.1) is 17.3 Å². The fraction of sp³-hybridized carbons (Fsp3) is 0.370. The summed E-state index contributed by atoms with van der Waals surface area (Å²) in [6.45, 7) is 7.18. The highest BCUT2D eigenvalue weighted by Crippen LogP contribution is 2.35. The molecule has 0 saturated carbocycles. The third-order valence-corrected chi connectivity index (χ3v) is 6.62. The first-order valence-corrected chi connectivity index (χ1v) is 12.1. The maximum atomic E-state index is 14.6. The molecule has 2 aromatic heterocycles. The van der Waals surface area contributed by atoms with Crippen molar-refractivity contribution in [3.63, 3.8) is 0 Å². The number of likely N-dealkylation sites (tertiary alicyclic amines) is 1. The number of ether oxygens (including phenoxy) is 1. The number of aromatic nitrogens is 3. The number of benzene rings is 2. The fourth-order valence-electron chi connectivity index (χ4n) is 5.02. The summed E-state index contributed by atoms with van der Waals surface area (Å²) in [5.74, 6) is -1.10. The van der Waals surface area contributed by atoms with E-state index in [0.717, 1.165) is 35.7 Å². The second kappa shape index (κ2) is 8.96. The Morgan fingerprint density at radius 2 is 1.83 bits per heavy atom. The Labute approximate surface area is 208 Å². The van der Waals surface area contributed by atoms with Crippen LogP contribution in [0.15, 0.2) is 48.7 Å². The number of carbonyl (C=O) groups excluding carboxylic acids is 2. The monoisotopic (exact) mass is 491 g/mol. The zero-order chi connectivity index (χ0) is 25.6. The van der Waals surface area contributed by atoms with Crippen molar-refractivity contribution >= 4 is 28.7 Å². The molecule has 0 atom stereocenters. The topological polar surface area (TPSA) is 94.9 Å². The van der Waals surface area contributed by atoms with Gasteiger partial charge < -0.3 is 19.9 Å². The van der Waals surface area contributed by atoms with Crippen LogP contribution < -0.4 is 5.73 Å². The number of nitrogens with two attached hydrogens (primary N) is 1. The Balaban J connectivity index is 1.57. The fourth-order valence-corrected chi connectivity index (χ4v) is 5.02. The molecular weight excluding hydrogens is 461 g/mol. The number of nitrogens with zero attached hydrogens (tertiary/aromatic N) is 4. The van der Waals surface area contributed by atoms with Crippen LogP contribution in [0.2, 0.25) is 0 Å². The smallest absolute Gasteiger partial charge is 0.410 e. The molecule has 1 aliphatic heterocycles. The lowest BCUT2D eigenvalue weighted by Crippen LogP contribution is -2.41. The molecule has 2 N–H and O–H groups in total. The Morgan fingerprint density at radius 1 is 1.14 bits per heavy atom. The summed E-state index contributed by atoms with van der Waals surface area (Å²) in [6.07, 6.45) is 2.99. The Kier molecular flexibility index (Phi) is 5.94. The number of halogens is 1. The van der Waals surface area contributed by atoms with Gasteiger partial charge >= 0.3 is 6.09 Å². The number of rotatable bonds is 4. The van der Waals surface area contributed by atoms with Crippen molar-refractivity contribution in [3.8, 4) is 0 Å². The van der Waals surface area contributed by atoms with Crippen LogP contribution in [0, 0.1) is 5.82 Å². The first kappa shape index (κ1) is 23.8. The van der Waals surface area contributed by atoms with Crippen molar-refractivity contribution in [2.24, 2.45) is 5.73 Å². The van der Waals surface area contributed by atoms with Crippen LogP contribution in [-0.2, 0) is 11.3 Å². The van der Waals surface area contributed by atoms with E-state index in [-0.39, 0.29) is 17.6 Å². The van der Waals surface area contributed by atoms with Crippen LogP contribution in [0.4, 0.5) is 9.18 Å². The maximum Gasteiger partial charge on any atom is 0.410 e. The van der Waals surface area contributed by atoms with Crippen molar-refractivity contribution in [3.05, 3.63) is 71.2 Å². The first-order chi connectivity index (χ1) is 17.1. The minimum Gasteiger partial charge on any atom is -0.444 e. The highest BCUT2D eigenvalue weighted by molar-refractivity contribution is 6.05. The lowest BCUT2D eigenvalue weighted by Gasteiger charge is -2.33. The minimum atomic E-state index is -0.707. The third kappa shape index (κ3) is 4.41. The standard InChI is InChI=1S/C27H30FN5O3/c1-27(2,3)36-26(35)31-11-9-18(10-12-31)21-15-30-33-23-20(24(29)34)13-19(28)14-22(23)32(25(21)33)16-17-7-5-4-6-8-17/h4-8,13-15,18H,9-12,16H2,1-3H3,(H2,29,34). The minimum absolute atomic E-state index is 0.0937. The number of carbonyl (C=O) groups is 2. The summed E-state index contributed by atoms with van der Waals surface area (Å²) in [5.41, 5.74) is 9.08. The van der Waals surface area contributed by atoms with Crippen LogP contribution in [0.25, 0.3) is 16.7 Å². The Hall–Kier alpha value is -3.88. The summed E-state index contributed by atoms with van der Waals surface area (Å²) in [7, 11) is 0. The number of hydrogen-bond acceptors (Lipinski definition) is 4. The van der Waals surface area contributed by atoms with Crippen molar-refractivity contribution in [1.82, 2.24) is 19.1 Å². The van der Waals surface area contributed by atoms with Gasteiger partial charge in [-0.2, -0.15) is 5.10 Å². The van der Waals surface area contributed by atoms with Gasteiger partial charge in [-0.25, -0.2) is 13.7 Å². The normalized spacial score (nSPS) is 15.1. The molecule has 36 heavy (non-hydrogen) atoms. The predicted octanol–water partition coefficient (Wildman–Crippen LogP) is 4.69. The van der Waals surface area contributed by atoms with E-state index in [1.165, 1.54) is 6.07 Å². The number of primary amides is 1. The summed E-state index contributed by atoms with van der Waals surface area (Å²) in [5, 5.41) is 4.62. The van der Waals surface area contributed by atoms with Gasteiger partial charge in [0, 0.05) is 25.2 Å². The van der Waals surface area contributed by atoms with E-state index in [2.05, 4.69) is 5.10 Å². The summed E-state index contributed by atoms with van der Waals surface area (Å²) >= 11 is 0. The lowest BCUT2D eigenvalue weighted by atomic mass is 9.91. The quantitative estimate of drug-likeness (QED) is 0.448. The molecule has 1 aliphatic rings. The number of hydrogen-bond donors (Lipinski definition) is 1. The molecule has 0 aliphatic carbocycles. The van der Waals surface area contributed by atoms with E-state index in [9.17, 15) is 14.0 Å². The van der Waals surface area contributed by atoms with Crippen molar-refractivity contribution < 1.29 is 18.7 Å². The average molecular weight is 492 g/mol. The van der Waals surface area contributed by atoms with Gasteiger partial charge in [-0.3, -0.25) is 4.79 Å². The molecule has 4 aromatic rings. The van der Waals surface area contributed by atoms with Crippen LogP contribution >= 0.6 is 0 Å².